The van der Waals surface area contributed by atoms with Crippen LogP contribution in [0.1, 0.15) is 11.8 Å². The smallest absolute Gasteiger partial charge is 0.159 e. The second-order valence-corrected chi connectivity index (χ2v) is 2.75. The van der Waals surface area contributed by atoms with Crippen LogP contribution >= 0.6 is 0 Å². The Kier molecular flexibility index (Phi) is 1.58. The number of aliphatic hydroxyl groups is 1. The van der Waals surface area contributed by atoms with Gasteiger partial charge in [0.25, 0.3) is 0 Å². The summed E-state index contributed by atoms with van der Waals surface area (Å²) in [7, 11) is 1.85. The summed E-state index contributed by atoms with van der Waals surface area (Å²) in [5.41, 5.74) is 0.638. The SMILES string of the molecule is Cn1cnc2c1N=CNC[C@H]2O. The maximum Gasteiger partial charge on any atom is 0.159 e. The van der Waals surface area contributed by atoms with Crippen molar-refractivity contribution in [1.82, 2.24) is 14.9 Å². The zero-order chi connectivity index (χ0) is 8.55. The first kappa shape index (κ1) is 7.30. The number of rotatable bonds is 0. The van der Waals surface area contributed by atoms with Crippen molar-refractivity contribution in [1.29, 1.82) is 0 Å². The van der Waals surface area contributed by atoms with Crippen molar-refractivity contribution in [2.24, 2.45) is 12.0 Å². The van der Waals surface area contributed by atoms with Crippen LogP contribution in [0.2, 0.25) is 0 Å². The number of hydrogen-bond acceptors (Lipinski definition) is 4. The Labute approximate surface area is 69.8 Å². The van der Waals surface area contributed by atoms with E-state index in [0.29, 0.717) is 18.1 Å². The van der Waals surface area contributed by atoms with Crippen molar-refractivity contribution in [3.05, 3.63) is 12.0 Å². The maximum atomic E-state index is 9.54. The van der Waals surface area contributed by atoms with E-state index in [0.717, 1.165) is 0 Å². The second kappa shape index (κ2) is 2.60. The van der Waals surface area contributed by atoms with Gasteiger partial charge in [-0.1, -0.05) is 0 Å². The quantitative estimate of drug-likeness (QED) is 0.557. The van der Waals surface area contributed by atoms with Crippen LogP contribution in [0.5, 0.6) is 0 Å². The molecule has 0 spiro atoms. The predicted molar refractivity (Wildman–Crippen MR) is 44.3 cm³/mol. The Hall–Kier alpha value is -1.36. The first-order chi connectivity index (χ1) is 5.79. The van der Waals surface area contributed by atoms with Gasteiger partial charge >= 0.3 is 0 Å². The van der Waals surface area contributed by atoms with Crippen molar-refractivity contribution < 1.29 is 5.11 Å². The van der Waals surface area contributed by atoms with Gasteiger partial charge in [0.05, 0.1) is 12.7 Å². The minimum Gasteiger partial charge on any atom is -0.385 e. The molecule has 2 rings (SSSR count). The van der Waals surface area contributed by atoms with Gasteiger partial charge in [0.1, 0.15) is 11.8 Å². The van der Waals surface area contributed by atoms with Crippen molar-refractivity contribution in [3.63, 3.8) is 0 Å². The number of aliphatic hydroxyl groups excluding tert-OH is 1. The summed E-state index contributed by atoms with van der Waals surface area (Å²) in [6, 6.07) is 0. The summed E-state index contributed by atoms with van der Waals surface area (Å²) < 4.78 is 1.78. The molecule has 0 unspecified atom stereocenters. The Balaban J connectivity index is 2.51. The van der Waals surface area contributed by atoms with E-state index < -0.39 is 6.10 Å². The average molecular weight is 166 g/mol. The van der Waals surface area contributed by atoms with Crippen LogP contribution in [0.4, 0.5) is 5.82 Å². The third kappa shape index (κ3) is 0.984. The lowest BCUT2D eigenvalue weighted by molar-refractivity contribution is 0.179. The minimum atomic E-state index is -0.566. The fraction of sp³-hybridized carbons (Fsp3) is 0.429. The molecule has 1 aliphatic heterocycles. The normalized spacial score (nSPS) is 21.3. The second-order valence-electron chi connectivity index (χ2n) is 2.75. The molecule has 2 N–H and O–H groups in total. The maximum absolute atomic E-state index is 9.54. The third-order valence-electron chi connectivity index (χ3n) is 1.84. The van der Waals surface area contributed by atoms with Crippen LogP contribution in [0, 0.1) is 0 Å². The molecular formula is C7H10N4O. The zero-order valence-electron chi connectivity index (χ0n) is 6.73. The van der Waals surface area contributed by atoms with Gasteiger partial charge in [0, 0.05) is 13.6 Å². The van der Waals surface area contributed by atoms with Gasteiger partial charge in [-0.3, -0.25) is 0 Å². The fourth-order valence-electron chi connectivity index (χ4n) is 1.20. The van der Waals surface area contributed by atoms with Crippen molar-refractivity contribution in [2.45, 2.75) is 6.10 Å². The molecule has 1 aromatic heterocycles. The molecule has 1 atom stereocenters. The Bertz CT molecular complexity index is 317. The van der Waals surface area contributed by atoms with Gasteiger partial charge in [0.2, 0.25) is 0 Å². The number of β-amino-alcohol motifs (C(OH)–C–C–N with tert-alkyl or cyclic N) is 1. The molecule has 1 aliphatic rings. The Morgan fingerprint density at radius 1 is 1.75 bits per heavy atom. The zero-order valence-corrected chi connectivity index (χ0v) is 6.73. The summed E-state index contributed by atoms with van der Waals surface area (Å²) in [5, 5.41) is 12.4. The molecule has 0 radical (unpaired) electrons. The number of aryl methyl sites for hydroxylation is 1. The van der Waals surface area contributed by atoms with Crippen molar-refractivity contribution in [3.8, 4) is 0 Å². The number of aromatic nitrogens is 2. The van der Waals surface area contributed by atoms with Crippen molar-refractivity contribution >= 4 is 12.2 Å². The highest BCUT2D eigenvalue weighted by molar-refractivity contribution is 5.62. The predicted octanol–water partition coefficient (Wildman–Crippen LogP) is -0.283. The molecule has 64 valence electrons. The van der Waals surface area contributed by atoms with Gasteiger partial charge in [-0.2, -0.15) is 0 Å². The summed E-state index contributed by atoms with van der Waals surface area (Å²) in [6.45, 7) is 0.466. The van der Waals surface area contributed by atoms with Gasteiger partial charge < -0.3 is 15.0 Å². The Morgan fingerprint density at radius 3 is 3.42 bits per heavy atom. The minimum absolute atomic E-state index is 0.466. The molecule has 5 nitrogen and oxygen atoms in total. The third-order valence-corrected chi connectivity index (χ3v) is 1.84. The van der Waals surface area contributed by atoms with E-state index in [2.05, 4.69) is 15.3 Å². The van der Waals surface area contributed by atoms with Crippen molar-refractivity contribution in [2.75, 3.05) is 6.54 Å². The van der Waals surface area contributed by atoms with E-state index in [1.165, 1.54) is 0 Å². The molecule has 0 bridgehead atoms. The van der Waals surface area contributed by atoms with E-state index in [4.69, 9.17) is 0 Å². The lowest BCUT2D eigenvalue weighted by Gasteiger charge is -2.04. The summed E-state index contributed by atoms with van der Waals surface area (Å²) >= 11 is 0. The molecule has 1 aromatic rings. The van der Waals surface area contributed by atoms with E-state index in [9.17, 15) is 5.11 Å². The molecule has 2 heterocycles. The van der Waals surface area contributed by atoms with E-state index >= 15 is 0 Å². The molecule has 0 saturated heterocycles. The first-order valence-electron chi connectivity index (χ1n) is 3.74. The monoisotopic (exact) mass is 166 g/mol. The molecule has 0 saturated carbocycles. The summed E-state index contributed by atoms with van der Waals surface area (Å²) in [4.78, 5) is 8.16. The first-order valence-corrected chi connectivity index (χ1v) is 3.74. The number of nitrogens with one attached hydrogen (secondary N) is 1. The molecule has 5 heteroatoms. The summed E-state index contributed by atoms with van der Waals surface area (Å²) in [5.74, 6) is 0.715. The molecule has 0 amide bonds. The van der Waals surface area contributed by atoms with E-state index in [1.54, 1.807) is 17.2 Å². The Morgan fingerprint density at radius 2 is 2.58 bits per heavy atom. The molecule has 12 heavy (non-hydrogen) atoms. The number of nitrogens with zero attached hydrogens (tertiary/aromatic N) is 3. The highest BCUT2D eigenvalue weighted by Crippen LogP contribution is 2.23. The standard InChI is InChI=1S/C7H10N4O/c1-11-4-10-6-5(12)2-8-3-9-7(6)11/h3-5,12H,2H2,1H3,(H,8,9)/t5-/m1/s1. The van der Waals surface area contributed by atoms with Crippen LogP contribution in [0.15, 0.2) is 11.3 Å². The van der Waals surface area contributed by atoms with Crippen LogP contribution < -0.4 is 5.32 Å². The summed E-state index contributed by atoms with van der Waals surface area (Å²) in [6.07, 6.45) is 2.66. The largest absolute Gasteiger partial charge is 0.385 e. The lowest BCUT2D eigenvalue weighted by Crippen LogP contribution is -2.17. The average Bonchev–Trinajstić information content (AvgIpc) is 2.30. The number of aliphatic imine (C=N–C) groups is 1. The van der Waals surface area contributed by atoms with E-state index in [-0.39, 0.29) is 0 Å². The molecule has 0 fully saturated rings. The van der Waals surface area contributed by atoms with Gasteiger partial charge in [-0.15, -0.1) is 0 Å². The molecular weight excluding hydrogens is 156 g/mol. The molecule has 0 aliphatic carbocycles. The van der Waals surface area contributed by atoms with E-state index in [1.807, 2.05) is 7.05 Å². The highest BCUT2D eigenvalue weighted by atomic mass is 16.3. The highest BCUT2D eigenvalue weighted by Gasteiger charge is 2.17. The number of imidazole rings is 1. The van der Waals surface area contributed by atoms with Gasteiger partial charge in [-0.25, -0.2) is 9.98 Å². The van der Waals surface area contributed by atoms with Crippen LogP contribution in [0.3, 0.4) is 0 Å². The molecule has 0 aromatic carbocycles. The lowest BCUT2D eigenvalue weighted by atomic mass is 10.2. The topological polar surface area (TPSA) is 62.4 Å². The van der Waals surface area contributed by atoms with Crippen LogP contribution in [-0.2, 0) is 7.05 Å². The van der Waals surface area contributed by atoms with Gasteiger partial charge in [-0.05, 0) is 0 Å². The number of hydrogen-bond donors (Lipinski definition) is 2. The van der Waals surface area contributed by atoms with Crippen LogP contribution in [-0.4, -0.2) is 27.5 Å². The number of fused-ring (bicyclic) bond motifs is 1. The fourth-order valence-corrected chi connectivity index (χ4v) is 1.20. The van der Waals surface area contributed by atoms with Crippen LogP contribution in [0.25, 0.3) is 0 Å². The van der Waals surface area contributed by atoms with Gasteiger partial charge in [0.15, 0.2) is 5.82 Å².